The lowest BCUT2D eigenvalue weighted by molar-refractivity contribution is 0.241. The molecule has 5 nitrogen and oxygen atoms in total. The summed E-state index contributed by atoms with van der Waals surface area (Å²) in [4.78, 5) is 11.2. The summed E-state index contributed by atoms with van der Waals surface area (Å²) in [5.41, 5.74) is 10.4. The maximum absolute atomic E-state index is 10.8. The molecule has 0 spiro atoms. The van der Waals surface area contributed by atoms with Gasteiger partial charge in [-0.25, -0.2) is 10.2 Å². The van der Waals surface area contributed by atoms with Gasteiger partial charge >= 0.3 is 6.03 Å². The van der Waals surface area contributed by atoms with Gasteiger partial charge in [0.15, 0.2) is 0 Å². The molecule has 4 N–H and O–H groups in total. The summed E-state index contributed by atoms with van der Waals surface area (Å²) in [6.45, 7) is 0.415. The molecule has 1 aromatic carbocycles. The van der Waals surface area contributed by atoms with Gasteiger partial charge < -0.3 is 11.1 Å². The molecule has 0 saturated heterocycles. The van der Waals surface area contributed by atoms with Gasteiger partial charge in [-0.15, -0.1) is 0 Å². The van der Waals surface area contributed by atoms with E-state index in [2.05, 4.69) is 15.8 Å². The van der Waals surface area contributed by atoms with E-state index in [1.54, 1.807) is 0 Å². The lowest BCUT2D eigenvalue weighted by atomic mass is 10.1. The summed E-state index contributed by atoms with van der Waals surface area (Å²) in [5.74, 6) is 0. The zero-order valence-corrected chi connectivity index (χ0v) is 9.17. The van der Waals surface area contributed by atoms with Crippen molar-refractivity contribution in [2.45, 2.75) is 0 Å². The highest BCUT2D eigenvalue weighted by molar-refractivity contribution is 7.80. The van der Waals surface area contributed by atoms with E-state index >= 15 is 0 Å². The number of thiocarbonyl (C=S) groups is 1. The van der Waals surface area contributed by atoms with E-state index in [0.717, 1.165) is 16.8 Å². The van der Waals surface area contributed by atoms with Gasteiger partial charge in [-0.1, -0.05) is 36.5 Å². The van der Waals surface area contributed by atoms with E-state index in [-0.39, 0.29) is 6.03 Å². The van der Waals surface area contributed by atoms with E-state index in [1.165, 1.54) is 0 Å². The first-order valence-corrected chi connectivity index (χ1v) is 5.08. The normalized spacial score (nSPS) is 14.8. The fourth-order valence-electron chi connectivity index (χ4n) is 1.35. The maximum Gasteiger partial charge on any atom is 0.335 e. The van der Waals surface area contributed by atoms with Crippen LogP contribution in [-0.2, 0) is 0 Å². The van der Waals surface area contributed by atoms with Crippen LogP contribution in [0.1, 0.15) is 11.1 Å². The van der Waals surface area contributed by atoms with Crippen LogP contribution in [-0.4, -0.2) is 23.3 Å². The highest BCUT2D eigenvalue weighted by Crippen LogP contribution is 2.06. The monoisotopic (exact) mass is 234 g/mol. The van der Waals surface area contributed by atoms with Gasteiger partial charge in [0.2, 0.25) is 0 Å². The van der Waals surface area contributed by atoms with Gasteiger partial charge in [0.1, 0.15) is 4.99 Å². The van der Waals surface area contributed by atoms with Crippen LogP contribution in [0.3, 0.4) is 0 Å². The molecule has 0 aliphatic carbocycles. The molecule has 0 atom stereocenters. The number of hydrogen-bond donors (Lipinski definition) is 3. The predicted molar refractivity (Wildman–Crippen MR) is 65.4 cm³/mol. The molecule has 0 bridgehead atoms. The Kier molecular flexibility index (Phi) is 2.82. The highest BCUT2D eigenvalue weighted by atomic mass is 32.1. The second-order valence-electron chi connectivity index (χ2n) is 3.29. The fourth-order valence-corrected chi connectivity index (χ4v) is 1.49. The Morgan fingerprint density at radius 2 is 2.06 bits per heavy atom. The first-order chi connectivity index (χ1) is 7.66. The zero-order valence-electron chi connectivity index (χ0n) is 8.36. The van der Waals surface area contributed by atoms with Gasteiger partial charge in [0.05, 0.1) is 12.3 Å². The van der Waals surface area contributed by atoms with Gasteiger partial charge in [0, 0.05) is 5.56 Å². The SMILES string of the molecule is NC(=S)c1ccc(C2=NNC(=O)NC2)cc1. The summed E-state index contributed by atoms with van der Waals surface area (Å²) < 4.78 is 0. The number of amides is 2. The smallest absolute Gasteiger partial charge is 0.335 e. The molecule has 0 aromatic heterocycles. The number of carbonyl (C=O) groups excluding carboxylic acids is 1. The summed E-state index contributed by atoms with van der Waals surface area (Å²) >= 11 is 4.86. The molecule has 2 amide bonds. The standard InChI is InChI=1S/C10H10N4OS/c11-9(16)7-3-1-6(2-4-7)8-5-12-10(15)14-13-8/h1-4H,5H2,(H2,11,16)(H2,12,14,15). The number of benzene rings is 1. The molecule has 0 unspecified atom stereocenters. The molecule has 0 radical (unpaired) electrons. The average Bonchev–Trinajstić information content (AvgIpc) is 2.30. The van der Waals surface area contributed by atoms with Crippen LogP contribution in [0.5, 0.6) is 0 Å². The molecule has 6 heteroatoms. The van der Waals surface area contributed by atoms with Crippen LogP contribution in [0.4, 0.5) is 4.79 Å². The van der Waals surface area contributed by atoms with Crippen molar-refractivity contribution in [1.29, 1.82) is 0 Å². The molecule has 0 saturated carbocycles. The zero-order chi connectivity index (χ0) is 11.5. The Labute approximate surface area is 97.7 Å². The summed E-state index contributed by atoms with van der Waals surface area (Å²) in [6.07, 6.45) is 0. The van der Waals surface area contributed by atoms with E-state index in [9.17, 15) is 4.79 Å². The van der Waals surface area contributed by atoms with Crippen molar-refractivity contribution in [3.8, 4) is 0 Å². The number of nitrogens with one attached hydrogen (secondary N) is 2. The molecule has 2 rings (SSSR count). The van der Waals surface area contributed by atoms with Crippen LogP contribution in [0.2, 0.25) is 0 Å². The Morgan fingerprint density at radius 1 is 1.38 bits per heavy atom. The van der Waals surface area contributed by atoms with Crippen molar-refractivity contribution in [1.82, 2.24) is 10.7 Å². The number of urea groups is 1. The Balaban J connectivity index is 2.22. The van der Waals surface area contributed by atoms with Crippen molar-refractivity contribution in [3.05, 3.63) is 35.4 Å². The topological polar surface area (TPSA) is 79.5 Å². The number of nitrogens with two attached hydrogens (primary N) is 1. The Bertz CT molecular complexity index is 466. The first kappa shape index (κ1) is 10.6. The van der Waals surface area contributed by atoms with Crippen molar-refractivity contribution in [2.24, 2.45) is 10.8 Å². The molecule has 82 valence electrons. The lowest BCUT2D eigenvalue weighted by Crippen LogP contribution is -2.42. The quantitative estimate of drug-likeness (QED) is 0.645. The number of rotatable bonds is 2. The number of nitrogens with zero attached hydrogens (tertiary/aromatic N) is 1. The van der Waals surface area contributed by atoms with Crippen molar-refractivity contribution >= 4 is 28.9 Å². The van der Waals surface area contributed by atoms with E-state index < -0.39 is 0 Å². The van der Waals surface area contributed by atoms with Gasteiger partial charge in [-0.05, 0) is 5.56 Å². The van der Waals surface area contributed by atoms with E-state index in [0.29, 0.717) is 11.5 Å². The molecular formula is C10H10N4OS. The minimum Gasteiger partial charge on any atom is -0.389 e. The third-order valence-electron chi connectivity index (χ3n) is 2.21. The molecule has 1 aliphatic heterocycles. The molecule has 0 fully saturated rings. The van der Waals surface area contributed by atoms with Crippen LogP contribution >= 0.6 is 12.2 Å². The largest absolute Gasteiger partial charge is 0.389 e. The highest BCUT2D eigenvalue weighted by Gasteiger charge is 2.11. The van der Waals surface area contributed by atoms with E-state index in [1.807, 2.05) is 24.3 Å². The maximum atomic E-state index is 10.8. The minimum absolute atomic E-state index is 0.288. The number of hydrazone groups is 1. The fraction of sp³-hybridized carbons (Fsp3) is 0.100. The van der Waals surface area contributed by atoms with Crippen LogP contribution in [0.25, 0.3) is 0 Å². The summed E-state index contributed by atoms with van der Waals surface area (Å²) in [6, 6.07) is 7.11. The number of hydrogen-bond acceptors (Lipinski definition) is 3. The van der Waals surface area contributed by atoms with Crippen LogP contribution in [0.15, 0.2) is 29.4 Å². The van der Waals surface area contributed by atoms with Crippen molar-refractivity contribution in [3.63, 3.8) is 0 Å². The molecule has 1 aliphatic rings. The van der Waals surface area contributed by atoms with Crippen LogP contribution < -0.4 is 16.5 Å². The van der Waals surface area contributed by atoms with Crippen molar-refractivity contribution < 1.29 is 4.79 Å². The third-order valence-corrected chi connectivity index (χ3v) is 2.45. The third kappa shape index (κ3) is 2.17. The Hall–Kier alpha value is -1.95. The van der Waals surface area contributed by atoms with E-state index in [4.69, 9.17) is 18.0 Å². The second-order valence-corrected chi connectivity index (χ2v) is 3.73. The Morgan fingerprint density at radius 3 is 2.56 bits per heavy atom. The lowest BCUT2D eigenvalue weighted by Gasteiger charge is -2.13. The second kappa shape index (κ2) is 4.28. The van der Waals surface area contributed by atoms with Gasteiger partial charge in [-0.2, -0.15) is 5.10 Å². The molecule has 1 heterocycles. The van der Waals surface area contributed by atoms with Crippen LogP contribution in [0, 0.1) is 0 Å². The molecular weight excluding hydrogens is 224 g/mol. The molecule has 16 heavy (non-hydrogen) atoms. The molecule has 1 aromatic rings. The summed E-state index contributed by atoms with van der Waals surface area (Å²) in [7, 11) is 0. The summed E-state index contributed by atoms with van der Waals surface area (Å²) in [5, 5.41) is 6.58. The minimum atomic E-state index is -0.288. The average molecular weight is 234 g/mol. The van der Waals surface area contributed by atoms with Gasteiger partial charge in [0.25, 0.3) is 0 Å². The van der Waals surface area contributed by atoms with Crippen molar-refractivity contribution in [2.75, 3.05) is 6.54 Å². The van der Waals surface area contributed by atoms with Gasteiger partial charge in [-0.3, -0.25) is 0 Å². The number of carbonyl (C=O) groups is 1. The first-order valence-electron chi connectivity index (χ1n) is 4.67. The predicted octanol–water partition coefficient (Wildman–Crippen LogP) is 0.338.